The lowest BCUT2D eigenvalue weighted by Gasteiger charge is -2.14. The molecule has 1 aliphatic rings. The Morgan fingerprint density at radius 2 is 1.83 bits per heavy atom. The van der Waals surface area contributed by atoms with Crippen LogP contribution in [-0.2, 0) is 16.1 Å². The van der Waals surface area contributed by atoms with Gasteiger partial charge in [0.05, 0.1) is 31.2 Å². The van der Waals surface area contributed by atoms with Crippen molar-refractivity contribution in [2.75, 3.05) is 12.4 Å². The third-order valence-electron chi connectivity index (χ3n) is 4.82. The van der Waals surface area contributed by atoms with E-state index in [9.17, 15) is 9.59 Å². The molecule has 3 aromatic rings. The second-order valence-corrected chi connectivity index (χ2v) is 7.30. The highest BCUT2D eigenvalue weighted by Gasteiger charge is 2.39. The third kappa shape index (κ3) is 3.69. The first-order chi connectivity index (χ1) is 14.5. The number of halogens is 1. The molecule has 0 spiro atoms. The molecule has 0 unspecified atom stereocenters. The van der Waals surface area contributed by atoms with Crippen LogP contribution in [0.1, 0.15) is 16.9 Å². The summed E-state index contributed by atoms with van der Waals surface area (Å²) in [5, 5.41) is 3.55. The van der Waals surface area contributed by atoms with Crippen LogP contribution in [0, 0.1) is 6.92 Å². The van der Waals surface area contributed by atoms with Crippen LogP contribution in [0.5, 0.6) is 5.75 Å². The van der Waals surface area contributed by atoms with Gasteiger partial charge in [-0.15, -0.1) is 0 Å². The van der Waals surface area contributed by atoms with Gasteiger partial charge in [-0.1, -0.05) is 41.4 Å². The molecule has 30 heavy (non-hydrogen) atoms. The van der Waals surface area contributed by atoms with Crippen LogP contribution in [0.25, 0.3) is 5.57 Å². The van der Waals surface area contributed by atoms with Crippen molar-refractivity contribution in [3.63, 3.8) is 0 Å². The largest absolute Gasteiger partial charge is 0.495 e. The van der Waals surface area contributed by atoms with Crippen molar-refractivity contribution in [1.29, 1.82) is 0 Å². The van der Waals surface area contributed by atoms with Gasteiger partial charge < -0.3 is 14.5 Å². The van der Waals surface area contributed by atoms with Crippen LogP contribution < -0.4 is 10.1 Å². The van der Waals surface area contributed by atoms with Gasteiger partial charge in [0.1, 0.15) is 17.2 Å². The van der Waals surface area contributed by atoms with Crippen molar-refractivity contribution >= 4 is 34.7 Å². The van der Waals surface area contributed by atoms with E-state index >= 15 is 0 Å². The zero-order chi connectivity index (χ0) is 21.3. The fraction of sp³-hybridized carbons (Fsp3) is 0.130. The van der Waals surface area contributed by atoms with Crippen LogP contribution in [0.15, 0.2) is 71.0 Å². The third-order valence-corrected chi connectivity index (χ3v) is 5.06. The molecule has 2 heterocycles. The lowest BCUT2D eigenvalue weighted by Crippen LogP contribution is -2.31. The number of furan rings is 1. The fourth-order valence-corrected chi connectivity index (χ4v) is 3.47. The van der Waals surface area contributed by atoms with E-state index in [0.717, 1.165) is 10.5 Å². The van der Waals surface area contributed by atoms with Crippen LogP contribution >= 0.6 is 11.6 Å². The second kappa shape index (κ2) is 8.08. The molecule has 2 aromatic carbocycles. The van der Waals surface area contributed by atoms with E-state index in [1.165, 1.54) is 13.4 Å². The zero-order valence-corrected chi connectivity index (χ0v) is 17.2. The number of imide groups is 1. The number of carbonyl (C=O) groups excluding carboxylic acids is 2. The lowest BCUT2D eigenvalue weighted by molar-refractivity contribution is -0.137. The molecule has 0 fully saturated rings. The Kier molecular flexibility index (Phi) is 5.33. The van der Waals surface area contributed by atoms with Crippen molar-refractivity contribution in [3.8, 4) is 5.75 Å². The highest BCUT2D eigenvalue weighted by Crippen LogP contribution is 2.35. The van der Waals surface area contributed by atoms with Crippen LogP contribution in [-0.4, -0.2) is 23.8 Å². The van der Waals surface area contributed by atoms with Gasteiger partial charge in [-0.25, -0.2) is 0 Å². The first-order valence-electron chi connectivity index (χ1n) is 9.28. The minimum absolute atomic E-state index is 0.0396. The molecule has 152 valence electrons. The Morgan fingerprint density at radius 3 is 2.50 bits per heavy atom. The average molecular weight is 423 g/mol. The number of rotatable bonds is 6. The molecule has 0 radical (unpaired) electrons. The summed E-state index contributed by atoms with van der Waals surface area (Å²) in [6.45, 7) is 2.00. The molecule has 1 aliphatic heterocycles. The van der Waals surface area contributed by atoms with Crippen molar-refractivity contribution in [3.05, 3.63) is 88.5 Å². The van der Waals surface area contributed by atoms with Gasteiger partial charge in [0.15, 0.2) is 0 Å². The number of aryl methyl sites for hydroxylation is 1. The molecule has 7 heteroatoms. The van der Waals surface area contributed by atoms with Crippen LogP contribution in [0.3, 0.4) is 0 Å². The summed E-state index contributed by atoms with van der Waals surface area (Å²) >= 11 is 6.13. The first-order valence-corrected chi connectivity index (χ1v) is 9.66. The maximum atomic E-state index is 13.3. The van der Waals surface area contributed by atoms with Crippen molar-refractivity contribution in [2.45, 2.75) is 13.5 Å². The Bertz CT molecular complexity index is 1130. The lowest BCUT2D eigenvalue weighted by atomic mass is 10.0. The molecule has 0 aliphatic carbocycles. The Morgan fingerprint density at radius 1 is 1.07 bits per heavy atom. The quantitative estimate of drug-likeness (QED) is 0.586. The summed E-state index contributed by atoms with van der Waals surface area (Å²) in [4.78, 5) is 27.7. The van der Waals surface area contributed by atoms with Crippen LogP contribution in [0.2, 0.25) is 5.02 Å². The minimum atomic E-state index is -0.450. The standard InChI is InChI=1S/C23H19ClN2O4/c1-14-5-7-15(8-6-14)20-21(25-18-12-16(24)9-10-19(18)29-2)23(28)26(22(20)27)13-17-4-3-11-30-17/h3-12,25H,13H2,1-2H3. The molecule has 6 nitrogen and oxygen atoms in total. The van der Waals surface area contributed by atoms with E-state index in [-0.39, 0.29) is 17.8 Å². The van der Waals surface area contributed by atoms with Gasteiger partial charge in [-0.2, -0.15) is 0 Å². The Balaban J connectivity index is 1.79. The van der Waals surface area contributed by atoms with Gasteiger partial charge in [-0.3, -0.25) is 14.5 Å². The van der Waals surface area contributed by atoms with Gasteiger partial charge in [0, 0.05) is 5.02 Å². The average Bonchev–Trinajstić information content (AvgIpc) is 3.32. The molecule has 0 saturated carbocycles. The summed E-state index contributed by atoms with van der Waals surface area (Å²) in [5.74, 6) is 0.166. The minimum Gasteiger partial charge on any atom is -0.495 e. The molecule has 1 N–H and O–H groups in total. The highest BCUT2D eigenvalue weighted by molar-refractivity contribution is 6.36. The van der Waals surface area contributed by atoms with E-state index in [4.69, 9.17) is 20.8 Å². The van der Waals surface area contributed by atoms with E-state index in [1.807, 2.05) is 31.2 Å². The van der Waals surface area contributed by atoms with E-state index in [0.29, 0.717) is 27.8 Å². The molecule has 1 aromatic heterocycles. The number of anilines is 1. The number of carbonyl (C=O) groups is 2. The predicted molar refractivity (Wildman–Crippen MR) is 114 cm³/mol. The molecular weight excluding hydrogens is 404 g/mol. The molecule has 4 rings (SSSR count). The molecule has 0 bridgehead atoms. The Hall–Kier alpha value is -3.51. The number of nitrogens with zero attached hydrogens (tertiary/aromatic N) is 1. The van der Waals surface area contributed by atoms with E-state index in [1.54, 1.807) is 30.3 Å². The SMILES string of the molecule is COc1ccc(Cl)cc1NC1=C(c2ccc(C)cc2)C(=O)N(Cc2ccco2)C1=O. The first kappa shape index (κ1) is 19.8. The van der Waals surface area contributed by atoms with Gasteiger partial charge >= 0.3 is 0 Å². The summed E-state index contributed by atoms with van der Waals surface area (Å²) in [5.41, 5.74) is 2.63. The van der Waals surface area contributed by atoms with Gasteiger partial charge in [0.2, 0.25) is 0 Å². The maximum Gasteiger partial charge on any atom is 0.278 e. The van der Waals surface area contributed by atoms with Crippen LogP contribution in [0.4, 0.5) is 5.69 Å². The van der Waals surface area contributed by atoms with Gasteiger partial charge in [0.25, 0.3) is 11.8 Å². The summed E-state index contributed by atoms with van der Waals surface area (Å²) in [6.07, 6.45) is 1.50. The molecular formula is C23H19ClN2O4. The number of benzene rings is 2. The molecule has 0 saturated heterocycles. The number of amides is 2. The summed E-state index contributed by atoms with van der Waals surface area (Å²) < 4.78 is 10.7. The van der Waals surface area contributed by atoms with Crippen molar-refractivity contribution < 1.29 is 18.7 Å². The normalized spacial score (nSPS) is 13.9. The number of methoxy groups -OCH3 is 1. The monoisotopic (exact) mass is 422 g/mol. The van der Waals surface area contributed by atoms with Crippen molar-refractivity contribution in [2.24, 2.45) is 0 Å². The summed E-state index contributed by atoms with van der Waals surface area (Å²) in [7, 11) is 1.52. The maximum absolute atomic E-state index is 13.3. The number of ether oxygens (including phenoxy) is 1. The molecule has 2 amide bonds. The smallest absolute Gasteiger partial charge is 0.278 e. The molecule has 0 atom stereocenters. The zero-order valence-electron chi connectivity index (χ0n) is 16.4. The second-order valence-electron chi connectivity index (χ2n) is 6.86. The van der Waals surface area contributed by atoms with Gasteiger partial charge in [-0.05, 0) is 42.8 Å². The highest BCUT2D eigenvalue weighted by atomic mass is 35.5. The topological polar surface area (TPSA) is 71.8 Å². The number of hydrogen-bond acceptors (Lipinski definition) is 5. The Labute approximate surface area is 178 Å². The predicted octanol–water partition coefficient (Wildman–Crippen LogP) is 4.64. The van der Waals surface area contributed by atoms with E-state index in [2.05, 4.69) is 5.32 Å². The summed E-state index contributed by atoms with van der Waals surface area (Å²) in [6, 6.07) is 15.9. The number of nitrogens with one attached hydrogen (secondary N) is 1. The van der Waals surface area contributed by atoms with E-state index < -0.39 is 11.8 Å². The van der Waals surface area contributed by atoms with Crippen molar-refractivity contribution in [1.82, 2.24) is 4.90 Å². The number of hydrogen-bond donors (Lipinski definition) is 1. The fourth-order valence-electron chi connectivity index (χ4n) is 3.29.